The van der Waals surface area contributed by atoms with Crippen LogP contribution >= 0.6 is 0 Å². The van der Waals surface area contributed by atoms with Crippen LogP contribution in [-0.2, 0) is 14.6 Å². The van der Waals surface area contributed by atoms with Crippen LogP contribution < -0.4 is 5.32 Å². The highest BCUT2D eigenvalue weighted by atomic mass is 32.2. The van der Waals surface area contributed by atoms with Gasteiger partial charge in [0.2, 0.25) is 5.91 Å². The van der Waals surface area contributed by atoms with E-state index in [4.69, 9.17) is 0 Å². The Morgan fingerprint density at radius 2 is 1.71 bits per heavy atom. The van der Waals surface area contributed by atoms with Gasteiger partial charge in [-0.05, 0) is 20.8 Å². The Morgan fingerprint density at radius 1 is 1.12 bits per heavy atom. The highest BCUT2D eigenvalue weighted by Gasteiger charge is 2.48. The van der Waals surface area contributed by atoms with Crippen molar-refractivity contribution < 1.29 is 18.0 Å². The van der Waals surface area contributed by atoms with Gasteiger partial charge in [-0.15, -0.1) is 0 Å². The molecule has 3 amide bonds. The van der Waals surface area contributed by atoms with Crippen LogP contribution in [0.3, 0.4) is 0 Å². The monoisotopic (exact) mass is 360 g/mol. The van der Waals surface area contributed by atoms with Crippen LogP contribution in [0.5, 0.6) is 0 Å². The first-order valence-electron chi connectivity index (χ1n) is 8.13. The molecule has 0 aromatic carbocycles. The summed E-state index contributed by atoms with van der Waals surface area (Å²) in [7, 11) is 0.141. The molecule has 24 heavy (non-hydrogen) atoms. The molecule has 2 fully saturated rings. The van der Waals surface area contributed by atoms with Crippen molar-refractivity contribution in [3.05, 3.63) is 0 Å². The molecule has 2 atom stereocenters. The SMILES string of the molecule is CN(C)C(=O)CN1CCN(C(=O)NC(C)(C)C)[C@@H]2CS(=O)(=O)C[C@@H]21. The van der Waals surface area contributed by atoms with Gasteiger partial charge in [-0.2, -0.15) is 0 Å². The molecule has 2 aliphatic rings. The highest BCUT2D eigenvalue weighted by molar-refractivity contribution is 7.91. The summed E-state index contributed by atoms with van der Waals surface area (Å²) in [6.45, 7) is 6.75. The fourth-order valence-electron chi connectivity index (χ4n) is 3.18. The lowest BCUT2D eigenvalue weighted by molar-refractivity contribution is -0.131. The van der Waals surface area contributed by atoms with Gasteiger partial charge in [0.05, 0.1) is 24.1 Å². The number of nitrogens with one attached hydrogen (secondary N) is 1. The number of piperazine rings is 1. The largest absolute Gasteiger partial charge is 0.348 e. The molecule has 0 radical (unpaired) electrons. The fraction of sp³-hybridized carbons (Fsp3) is 0.867. The van der Waals surface area contributed by atoms with E-state index in [2.05, 4.69) is 5.32 Å². The molecule has 1 N–H and O–H groups in total. The van der Waals surface area contributed by atoms with E-state index in [9.17, 15) is 18.0 Å². The average molecular weight is 360 g/mol. The zero-order valence-corrected chi connectivity index (χ0v) is 15.9. The third-order valence-electron chi connectivity index (χ3n) is 4.37. The molecule has 2 saturated heterocycles. The van der Waals surface area contributed by atoms with Gasteiger partial charge in [0.1, 0.15) is 0 Å². The van der Waals surface area contributed by atoms with Crippen LogP contribution in [0.4, 0.5) is 4.79 Å². The van der Waals surface area contributed by atoms with Crippen molar-refractivity contribution >= 4 is 21.8 Å². The van der Waals surface area contributed by atoms with E-state index in [1.165, 1.54) is 4.90 Å². The number of hydrogen-bond acceptors (Lipinski definition) is 5. The molecule has 2 heterocycles. The second-order valence-corrected chi connectivity index (χ2v) is 10.00. The lowest BCUT2D eigenvalue weighted by Gasteiger charge is -2.44. The molecule has 0 aromatic rings. The topological polar surface area (TPSA) is 90.0 Å². The van der Waals surface area contributed by atoms with E-state index in [-0.39, 0.29) is 41.6 Å². The third kappa shape index (κ3) is 4.38. The van der Waals surface area contributed by atoms with Gasteiger partial charge in [0.25, 0.3) is 0 Å². The molecule has 8 nitrogen and oxygen atoms in total. The highest BCUT2D eigenvalue weighted by Crippen LogP contribution is 2.27. The zero-order chi connectivity index (χ0) is 18.3. The maximum Gasteiger partial charge on any atom is 0.318 e. The standard InChI is InChI=1S/C15H28N4O4S/c1-15(2,3)16-14(21)19-7-6-18(8-13(20)17(4)5)11-9-24(22,23)10-12(11)19/h11-12H,6-10H2,1-5H3,(H,16,21)/t11-,12+/m0/s1. The van der Waals surface area contributed by atoms with Crippen molar-refractivity contribution in [3.63, 3.8) is 0 Å². The van der Waals surface area contributed by atoms with Crippen LogP contribution in [0, 0.1) is 0 Å². The van der Waals surface area contributed by atoms with Gasteiger partial charge >= 0.3 is 6.03 Å². The predicted octanol–water partition coefficient (Wildman–Crippen LogP) is -0.634. The number of nitrogens with zero attached hydrogens (tertiary/aromatic N) is 3. The number of urea groups is 1. The summed E-state index contributed by atoms with van der Waals surface area (Å²) in [6, 6.07) is -0.965. The smallest absolute Gasteiger partial charge is 0.318 e. The quantitative estimate of drug-likeness (QED) is 0.708. The zero-order valence-electron chi connectivity index (χ0n) is 15.1. The molecule has 0 bridgehead atoms. The normalized spacial score (nSPS) is 26.8. The van der Waals surface area contributed by atoms with Gasteiger partial charge in [0, 0.05) is 38.8 Å². The van der Waals surface area contributed by atoms with E-state index in [1.807, 2.05) is 25.7 Å². The molecule has 0 aromatic heterocycles. The number of carbonyl (C=O) groups excluding carboxylic acids is 2. The number of sulfone groups is 1. The second kappa shape index (κ2) is 6.51. The van der Waals surface area contributed by atoms with Crippen LogP contribution in [0.25, 0.3) is 0 Å². The Kier molecular flexibility index (Phi) is 5.15. The van der Waals surface area contributed by atoms with E-state index in [1.54, 1.807) is 19.0 Å². The van der Waals surface area contributed by atoms with Crippen LogP contribution in [-0.4, -0.2) is 97.9 Å². The summed E-state index contributed by atoms with van der Waals surface area (Å²) in [5, 5.41) is 2.90. The van der Waals surface area contributed by atoms with Gasteiger partial charge in [-0.1, -0.05) is 0 Å². The molecule has 0 saturated carbocycles. The lowest BCUT2D eigenvalue weighted by atomic mass is 10.0. The Bertz CT molecular complexity index is 611. The maximum absolute atomic E-state index is 12.5. The number of amides is 3. The number of rotatable bonds is 2. The van der Waals surface area contributed by atoms with Gasteiger partial charge < -0.3 is 15.1 Å². The van der Waals surface area contributed by atoms with Crippen LogP contribution in [0.15, 0.2) is 0 Å². The van der Waals surface area contributed by atoms with Crippen molar-refractivity contribution in [1.82, 2.24) is 20.0 Å². The lowest BCUT2D eigenvalue weighted by Crippen LogP contribution is -2.64. The fourth-order valence-corrected chi connectivity index (χ4v) is 5.19. The van der Waals surface area contributed by atoms with Crippen molar-refractivity contribution in [2.45, 2.75) is 38.4 Å². The summed E-state index contributed by atoms with van der Waals surface area (Å²) < 4.78 is 24.3. The van der Waals surface area contributed by atoms with E-state index < -0.39 is 15.9 Å². The number of carbonyl (C=O) groups is 2. The van der Waals surface area contributed by atoms with Crippen LogP contribution in [0.2, 0.25) is 0 Å². The first-order valence-corrected chi connectivity index (χ1v) is 9.95. The van der Waals surface area contributed by atoms with Gasteiger partial charge in [0.15, 0.2) is 9.84 Å². The predicted molar refractivity (Wildman–Crippen MR) is 91.5 cm³/mol. The summed E-state index contributed by atoms with van der Waals surface area (Å²) >= 11 is 0. The Balaban J connectivity index is 2.18. The summed E-state index contributed by atoms with van der Waals surface area (Å²) in [4.78, 5) is 29.6. The summed E-state index contributed by atoms with van der Waals surface area (Å²) in [5.74, 6) is -0.106. The number of likely N-dealkylation sites (N-methyl/N-ethyl adjacent to an activating group) is 1. The minimum atomic E-state index is -3.22. The molecule has 0 aliphatic carbocycles. The van der Waals surface area contributed by atoms with E-state index >= 15 is 0 Å². The molecule has 2 rings (SSSR count). The molecule has 9 heteroatoms. The maximum atomic E-state index is 12.5. The van der Waals surface area contributed by atoms with E-state index in [0.717, 1.165) is 0 Å². The molecule has 0 unspecified atom stereocenters. The molecule has 2 aliphatic heterocycles. The molecule has 138 valence electrons. The molecular formula is C15H28N4O4S. The Labute approximate surface area is 144 Å². The van der Waals surface area contributed by atoms with Crippen molar-refractivity contribution in [3.8, 4) is 0 Å². The van der Waals surface area contributed by atoms with Crippen molar-refractivity contribution in [1.29, 1.82) is 0 Å². The van der Waals surface area contributed by atoms with Crippen molar-refractivity contribution in [2.75, 3.05) is 45.2 Å². The molecule has 0 spiro atoms. The Hall–Kier alpha value is -1.35. The first-order chi connectivity index (χ1) is 10.9. The minimum Gasteiger partial charge on any atom is -0.348 e. The number of hydrogen-bond donors (Lipinski definition) is 1. The van der Waals surface area contributed by atoms with Crippen molar-refractivity contribution in [2.24, 2.45) is 0 Å². The van der Waals surface area contributed by atoms with Gasteiger partial charge in [-0.25, -0.2) is 13.2 Å². The second-order valence-electron chi connectivity index (χ2n) is 7.84. The number of fused-ring (bicyclic) bond motifs is 1. The van der Waals surface area contributed by atoms with E-state index in [0.29, 0.717) is 13.1 Å². The third-order valence-corrected chi connectivity index (χ3v) is 6.07. The van der Waals surface area contributed by atoms with Gasteiger partial charge in [-0.3, -0.25) is 9.69 Å². The van der Waals surface area contributed by atoms with Crippen LogP contribution in [0.1, 0.15) is 20.8 Å². The first kappa shape index (κ1) is 19.0. The summed E-state index contributed by atoms with van der Waals surface area (Å²) in [6.07, 6.45) is 0. The Morgan fingerprint density at radius 3 is 2.25 bits per heavy atom. The average Bonchev–Trinajstić information content (AvgIpc) is 2.71. The minimum absolute atomic E-state index is 0.00231. The molecular weight excluding hydrogens is 332 g/mol. The summed E-state index contributed by atoms with van der Waals surface area (Å²) in [5.41, 5.74) is -0.387.